The van der Waals surface area contributed by atoms with Gasteiger partial charge in [0, 0.05) is 28.7 Å². The zero-order chi connectivity index (χ0) is 21.4. The Morgan fingerprint density at radius 1 is 0.935 bits per heavy atom. The lowest BCUT2D eigenvalue weighted by Gasteiger charge is -2.12. The van der Waals surface area contributed by atoms with Gasteiger partial charge in [-0.1, -0.05) is 30.3 Å². The molecule has 0 atom stereocenters. The third-order valence-corrected chi connectivity index (χ3v) is 5.29. The van der Waals surface area contributed by atoms with Crippen LogP contribution < -0.4 is 11.1 Å². The SMILES string of the molecule is Cc1ccc(C(=O)Nc2cccc3cccnc23)cc1-c1ccc2nc(N)ncc2c1. The Kier molecular flexibility index (Phi) is 4.52. The number of aromatic nitrogens is 3. The Morgan fingerprint density at radius 2 is 1.81 bits per heavy atom. The number of hydrogen-bond acceptors (Lipinski definition) is 5. The van der Waals surface area contributed by atoms with Gasteiger partial charge in [-0.05, 0) is 60.0 Å². The van der Waals surface area contributed by atoms with E-state index in [9.17, 15) is 4.79 Å². The first-order chi connectivity index (χ1) is 15.1. The molecule has 5 aromatic rings. The molecule has 0 saturated carbocycles. The van der Waals surface area contributed by atoms with Crippen LogP contribution in [0, 0.1) is 6.92 Å². The van der Waals surface area contributed by atoms with Crippen molar-refractivity contribution in [2.24, 2.45) is 0 Å². The van der Waals surface area contributed by atoms with Gasteiger partial charge in [-0.3, -0.25) is 9.78 Å². The highest BCUT2D eigenvalue weighted by atomic mass is 16.1. The highest BCUT2D eigenvalue weighted by molar-refractivity contribution is 6.09. The molecular weight excluding hydrogens is 386 g/mol. The van der Waals surface area contributed by atoms with Gasteiger partial charge >= 0.3 is 0 Å². The number of rotatable bonds is 3. The summed E-state index contributed by atoms with van der Waals surface area (Å²) >= 11 is 0. The molecule has 0 aliphatic heterocycles. The average molecular weight is 405 g/mol. The van der Waals surface area contributed by atoms with Crippen LogP contribution in [0.2, 0.25) is 0 Å². The number of pyridine rings is 1. The zero-order valence-corrected chi connectivity index (χ0v) is 16.8. The normalized spacial score (nSPS) is 11.0. The Bertz CT molecular complexity index is 1460. The largest absolute Gasteiger partial charge is 0.368 e. The van der Waals surface area contributed by atoms with Gasteiger partial charge in [-0.25, -0.2) is 9.97 Å². The monoisotopic (exact) mass is 405 g/mol. The molecular formula is C25H19N5O. The lowest BCUT2D eigenvalue weighted by Crippen LogP contribution is -2.12. The Hall–Kier alpha value is -4.32. The standard InChI is InChI=1S/C25H19N5O/c1-15-7-8-18(24(31)29-22-6-2-4-16-5-3-11-27-23(16)22)13-20(15)17-9-10-21-19(12-17)14-28-25(26)30-21/h2-14H,1H3,(H,29,31)(H2,26,28,30). The molecule has 0 fully saturated rings. The Balaban J connectivity index is 1.51. The minimum Gasteiger partial charge on any atom is -0.368 e. The highest BCUT2D eigenvalue weighted by Crippen LogP contribution is 2.28. The molecule has 6 heteroatoms. The molecule has 3 aromatic carbocycles. The van der Waals surface area contributed by atoms with Gasteiger partial charge in [-0.2, -0.15) is 0 Å². The van der Waals surface area contributed by atoms with E-state index in [1.54, 1.807) is 12.4 Å². The van der Waals surface area contributed by atoms with Gasteiger partial charge < -0.3 is 11.1 Å². The van der Waals surface area contributed by atoms with E-state index in [1.165, 1.54) is 0 Å². The van der Waals surface area contributed by atoms with Crippen LogP contribution in [0.3, 0.4) is 0 Å². The summed E-state index contributed by atoms with van der Waals surface area (Å²) in [5, 5.41) is 4.87. The van der Waals surface area contributed by atoms with Crippen LogP contribution in [0.15, 0.2) is 79.1 Å². The van der Waals surface area contributed by atoms with Crippen molar-refractivity contribution in [3.8, 4) is 11.1 Å². The summed E-state index contributed by atoms with van der Waals surface area (Å²) in [6.07, 6.45) is 3.43. The van der Waals surface area contributed by atoms with Crippen LogP contribution in [0.1, 0.15) is 15.9 Å². The van der Waals surface area contributed by atoms with Crippen LogP contribution in [-0.4, -0.2) is 20.9 Å². The molecule has 5 rings (SSSR count). The van der Waals surface area contributed by atoms with Crippen molar-refractivity contribution in [3.05, 3.63) is 90.3 Å². The van der Waals surface area contributed by atoms with Crippen molar-refractivity contribution < 1.29 is 4.79 Å². The molecule has 2 heterocycles. The van der Waals surface area contributed by atoms with Crippen LogP contribution in [0.5, 0.6) is 0 Å². The van der Waals surface area contributed by atoms with E-state index < -0.39 is 0 Å². The smallest absolute Gasteiger partial charge is 0.255 e. The fourth-order valence-electron chi connectivity index (χ4n) is 3.69. The molecule has 0 saturated heterocycles. The molecule has 0 spiro atoms. The predicted molar refractivity (Wildman–Crippen MR) is 124 cm³/mol. The molecule has 0 radical (unpaired) electrons. The van der Waals surface area contributed by atoms with Crippen molar-refractivity contribution in [2.45, 2.75) is 6.92 Å². The summed E-state index contributed by atoms with van der Waals surface area (Å²) in [6, 6.07) is 21.2. The number of carbonyl (C=O) groups excluding carboxylic acids is 1. The number of aryl methyl sites for hydroxylation is 1. The van der Waals surface area contributed by atoms with E-state index in [2.05, 4.69) is 20.3 Å². The van der Waals surface area contributed by atoms with E-state index in [4.69, 9.17) is 5.73 Å². The summed E-state index contributed by atoms with van der Waals surface area (Å²) in [6.45, 7) is 2.02. The van der Waals surface area contributed by atoms with Crippen molar-refractivity contribution >= 4 is 39.3 Å². The zero-order valence-electron chi connectivity index (χ0n) is 16.8. The van der Waals surface area contributed by atoms with E-state index in [0.717, 1.165) is 38.5 Å². The molecule has 0 aliphatic carbocycles. The van der Waals surface area contributed by atoms with Crippen molar-refractivity contribution in [2.75, 3.05) is 11.1 Å². The van der Waals surface area contributed by atoms with Crippen LogP contribution in [0.4, 0.5) is 11.6 Å². The molecule has 150 valence electrons. The number of anilines is 2. The second-order valence-corrected chi connectivity index (χ2v) is 7.37. The minimum atomic E-state index is -0.184. The van der Waals surface area contributed by atoms with Crippen LogP contribution >= 0.6 is 0 Å². The first-order valence-corrected chi connectivity index (χ1v) is 9.87. The predicted octanol–water partition coefficient (Wildman–Crippen LogP) is 4.99. The number of nitrogen functional groups attached to an aromatic ring is 1. The fourth-order valence-corrected chi connectivity index (χ4v) is 3.69. The van der Waals surface area contributed by atoms with E-state index in [0.29, 0.717) is 11.3 Å². The van der Waals surface area contributed by atoms with Gasteiger partial charge in [0.1, 0.15) is 0 Å². The van der Waals surface area contributed by atoms with Crippen molar-refractivity contribution in [1.82, 2.24) is 15.0 Å². The Labute approximate surface area is 178 Å². The number of carbonyl (C=O) groups is 1. The number of benzene rings is 3. The molecule has 2 aromatic heterocycles. The maximum atomic E-state index is 13.0. The van der Waals surface area contributed by atoms with Crippen LogP contribution in [0.25, 0.3) is 32.9 Å². The molecule has 1 amide bonds. The lowest BCUT2D eigenvalue weighted by atomic mass is 9.97. The number of hydrogen-bond donors (Lipinski definition) is 2. The van der Waals surface area contributed by atoms with Crippen molar-refractivity contribution in [3.63, 3.8) is 0 Å². The summed E-state index contributed by atoms with van der Waals surface area (Å²) < 4.78 is 0. The van der Waals surface area contributed by atoms with Crippen molar-refractivity contribution in [1.29, 1.82) is 0 Å². The number of nitrogens with zero attached hydrogens (tertiary/aromatic N) is 3. The summed E-state index contributed by atoms with van der Waals surface area (Å²) in [5.74, 6) is 0.0642. The van der Waals surface area contributed by atoms with Gasteiger partial charge in [0.2, 0.25) is 5.95 Å². The fraction of sp³-hybridized carbons (Fsp3) is 0.0400. The number of nitrogens with two attached hydrogens (primary N) is 1. The maximum absolute atomic E-state index is 13.0. The molecule has 0 bridgehead atoms. The highest BCUT2D eigenvalue weighted by Gasteiger charge is 2.12. The van der Waals surface area contributed by atoms with Gasteiger partial charge in [-0.15, -0.1) is 0 Å². The average Bonchev–Trinajstić information content (AvgIpc) is 2.79. The quantitative estimate of drug-likeness (QED) is 0.441. The first-order valence-electron chi connectivity index (χ1n) is 9.87. The molecule has 3 N–H and O–H groups in total. The maximum Gasteiger partial charge on any atom is 0.255 e. The topological polar surface area (TPSA) is 93.8 Å². The third-order valence-electron chi connectivity index (χ3n) is 5.29. The van der Waals surface area contributed by atoms with Crippen LogP contribution in [-0.2, 0) is 0 Å². The second-order valence-electron chi connectivity index (χ2n) is 7.37. The van der Waals surface area contributed by atoms with Gasteiger partial charge in [0.05, 0.1) is 16.7 Å². The third kappa shape index (κ3) is 3.55. The van der Waals surface area contributed by atoms with Gasteiger partial charge in [0.25, 0.3) is 5.91 Å². The number of fused-ring (bicyclic) bond motifs is 2. The first kappa shape index (κ1) is 18.7. The lowest BCUT2D eigenvalue weighted by molar-refractivity contribution is 0.102. The second kappa shape index (κ2) is 7.50. The molecule has 0 aliphatic rings. The summed E-state index contributed by atoms with van der Waals surface area (Å²) in [4.78, 5) is 25.8. The number of nitrogens with one attached hydrogen (secondary N) is 1. The summed E-state index contributed by atoms with van der Waals surface area (Å²) in [7, 11) is 0. The summed E-state index contributed by atoms with van der Waals surface area (Å²) in [5.41, 5.74) is 11.5. The minimum absolute atomic E-state index is 0.184. The Morgan fingerprint density at radius 3 is 2.71 bits per heavy atom. The number of amides is 1. The number of para-hydroxylation sites is 1. The van der Waals surface area contributed by atoms with E-state index in [-0.39, 0.29) is 11.9 Å². The van der Waals surface area contributed by atoms with E-state index >= 15 is 0 Å². The molecule has 0 unspecified atom stereocenters. The molecule has 31 heavy (non-hydrogen) atoms. The van der Waals surface area contributed by atoms with E-state index in [1.807, 2.05) is 73.7 Å². The molecule has 6 nitrogen and oxygen atoms in total. The van der Waals surface area contributed by atoms with Gasteiger partial charge in [0.15, 0.2) is 0 Å².